The van der Waals surface area contributed by atoms with Gasteiger partial charge in [-0.1, -0.05) is 73.5 Å². The molecule has 2 atom stereocenters. The number of halogens is 1. The molecule has 0 heterocycles. The monoisotopic (exact) mass is 599 g/mol. The fourth-order valence-electron chi connectivity index (χ4n) is 4.34. The molecule has 0 saturated heterocycles. The van der Waals surface area contributed by atoms with Crippen molar-refractivity contribution in [3.05, 3.63) is 88.9 Å². The lowest BCUT2D eigenvalue weighted by atomic mass is 10.1. The Labute approximate surface area is 248 Å². The molecule has 0 radical (unpaired) electrons. The van der Waals surface area contributed by atoms with Crippen molar-refractivity contribution in [1.82, 2.24) is 10.2 Å². The van der Waals surface area contributed by atoms with E-state index in [2.05, 4.69) is 5.32 Å². The first-order chi connectivity index (χ1) is 19.5. The van der Waals surface area contributed by atoms with Crippen LogP contribution in [0.25, 0.3) is 0 Å². The highest BCUT2D eigenvalue weighted by Crippen LogP contribution is 2.35. The highest BCUT2D eigenvalue weighted by Gasteiger charge is 2.35. The number of sulfonamides is 1. The van der Waals surface area contributed by atoms with Gasteiger partial charge in [-0.25, -0.2) is 8.42 Å². The Morgan fingerprint density at radius 1 is 0.976 bits per heavy atom. The van der Waals surface area contributed by atoms with E-state index >= 15 is 0 Å². The number of carbonyl (C=O) groups excluding carboxylic acids is 2. The minimum absolute atomic E-state index is 0.00136. The van der Waals surface area contributed by atoms with E-state index in [9.17, 15) is 18.0 Å². The standard InChI is InChI=1S/C31H38ClN3O5S/c1-6-23(4)33-31(37)27(7-2)34(20-24-15-13-22(3)14-16-24)30(36)21-35(28-19-25(32)17-18-29(28)40-5)41(38,39)26-11-9-8-10-12-26/h8-19,23,27H,6-7,20-21H2,1-5H3,(H,33,37)/t23-,27-/m1/s1. The molecule has 2 amide bonds. The molecule has 220 valence electrons. The second-order valence-corrected chi connectivity index (χ2v) is 12.2. The molecular formula is C31H38ClN3O5S. The maximum atomic E-state index is 14.2. The number of methoxy groups -OCH3 is 1. The van der Waals surface area contributed by atoms with Crippen molar-refractivity contribution in [3.8, 4) is 5.75 Å². The molecule has 0 unspecified atom stereocenters. The number of hydrogen-bond donors (Lipinski definition) is 1. The Balaban J connectivity index is 2.11. The van der Waals surface area contributed by atoms with Gasteiger partial charge in [0.1, 0.15) is 18.3 Å². The predicted molar refractivity (Wildman–Crippen MR) is 163 cm³/mol. The summed E-state index contributed by atoms with van der Waals surface area (Å²) in [6.07, 6.45) is 1.07. The molecule has 0 aliphatic carbocycles. The summed E-state index contributed by atoms with van der Waals surface area (Å²) in [7, 11) is -2.82. The first kappa shape index (κ1) is 32.0. The van der Waals surface area contributed by atoms with E-state index in [1.54, 1.807) is 30.3 Å². The van der Waals surface area contributed by atoms with Crippen LogP contribution in [0.4, 0.5) is 5.69 Å². The first-order valence-corrected chi connectivity index (χ1v) is 15.4. The van der Waals surface area contributed by atoms with Crippen molar-refractivity contribution in [1.29, 1.82) is 0 Å². The van der Waals surface area contributed by atoms with E-state index in [1.165, 1.54) is 30.2 Å². The van der Waals surface area contributed by atoms with Crippen LogP contribution in [0.1, 0.15) is 44.7 Å². The van der Waals surface area contributed by atoms with Crippen LogP contribution in [0.5, 0.6) is 5.75 Å². The summed E-state index contributed by atoms with van der Waals surface area (Å²) in [4.78, 5) is 29.0. The van der Waals surface area contributed by atoms with Gasteiger partial charge in [-0.3, -0.25) is 13.9 Å². The summed E-state index contributed by atoms with van der Waals surface area (Å²) >= 11 is 6.28. The van der Waals surface area contributed by atoms with E-state index < -0.39 is 28.5 Å². The molecule has 8 nitrogen and oxygen atoms in total. The molecule has 0 fully saturated rings. The number of carbonyl (C=O) groups is 2. The summed E-state index contributed by atoms with van der Waals surface area (Å²) in [6, 6.07) is 19.2. The van der Waals surface area contributed by atoms with E-state index in [0.29, 0.717) is 6.42 Å². The second kappa shape index (κ2) is 14.4. The molecule has 3 aromatic carbocycles. The lowest BCUT2D eigenvalue weighted by Crippen LogP contribution is -2.53. The summed E-state index contributed by atoms with van der Waals surface area (Å²) in [6.45, 7) is 7.20. The Hall–Kier alpha value is -3.56. The van der Waals surface area contributed by atoms with Crippen LogP contribution < -0.4 is 14.4 Å². The Morgan fingerprint density at radius 2 is 1.63 bits per heavy atom. The lowest BCUT2D eigenvalue weighted by molar-refractivity contribution is -0.140. The third-order valence-electron chi connectivity index (χ3n) is 6.88. The number of rotatable bonds is 13. The van der Waals surface area contributed by atoms with Gasteiger partial charge >= 0.3 is 0 Å². The summed E-state index contributed by atoms with van der Waals surface area (Å²) in [5.41, 5.74) is 1.99. The van der Waals surface area contributed by atoms with E-state index in [4.69, 9.17) is 16.3 Å². The molecule has 3 rings (SSSR count). The molecule has 0 aliphatic heterocycles. The summed E-state index contributed by atoms with van der Waals surface area (Å²) < 4.78 is 34.5. The van der Waals surface area contributed by atoms with Crippen LogP contribution in [0.15, 0.2) is 77.7 Å². The van der Waals surface area contributed by atoms with Gasteiger partial charge < -0.3 is 15.0 Å². The average molecular weight is 600 g/mol. The summed E-state index contributed by atoms with van der Waals surface area (Å²) in [5, 5.41) is 3.25. The van der Waals surface area contributed by atoms with Crippen molar-refractivity contribution in [3.63, 3.8) is 0 Å². The van der Waals surface area contributed by atoms with Crippen molar-refractivity contribution in [2.24, 2.45) is 0 Å². The fraction of sp³-hybridized carbons (Fsp3) is 0.355. The van der Waals surface area contributed by atoms with Crippen LogP contribution in [0.3, 0.4) is 0 Å². The second-order valence-electron chi connectivity index (χ2n) is 9.89. The third kappa shape index (κ3) is 8.01. The van der Waals surface area contributed by atoms with Crippen LogP contribution in [-0.2, 0) is 26.2 Å². The highest BCUT2D eigenvalue weighted by atomic mass is 35.5. The third-order valence-corrected chi connectivity index (χ3v) is 8.89. The van der Waals surface area contributed by atoms with Crippen LogP contribution in [-0.4, -0.2) is 50.9 Å². The maximum Gasteiger partial charge on any atom is 0.264 e. The molecule has 41 heavy (non-hydrogen) atoms. The number of anilines is 1. The molecular weight excluding hydrogens is 562 g/mol. The molecule has 0 aliphatic rings. The van der Waals surface area contributed by atoms with Gasteiger partial charge in [0.05, 0.1) is 17.7 Å². The summed E-state index contributed by atoms with van der Waals surface area (Å²) in [5.74, 6) is -0.605. The van der Waals surface area contributed by atoms with Gasteiger partial charge in [0, 0.05) is 17.6 Å². The van der Waals surface area contributed by atoms with Gasteiger partial charge in [-0.05, 0) is 62.6 Å². The van der Waals surface area contributed by atoms with Gasteiger partial charge in [-0.15, -0.1) is 0 Å². The number of benzene rings is 3. The molecule has 3 aromatic rings. The molecule has 0 saturated carbocycles. The zero-order chi connectivity index (χ0) is 30.2. The smallest absolute Gasteiger partial charge is 0.264 e. The number of nitrogens with zero attached hydrogens (tertiary/aromatic N) is 2. The van der Waals surface area contributed by atoms with Crippen molar-refractivity contribution in [2.45, 2.75) is 64.1 Å². The molecule has 0 bridgehead atoms. The Morgan fingerprint density at radius 3 is 2.22 bits per heavy atom. The van der Waals surface area contributed by atoms with Crippen molar-refractivity contribution < 1.29 is 22.7 Å². The minimum Gasteiger partial charge on any atom is -0.495 e. The van der Waals surface area contributed by atoms with Crippen LogP contribution in [0, 0.1) is 6.92 Å². The zero-order valence-corrected chi connectivity index (χ0v) is 25.7. The van der Waals surface area contributed by atoms with Crippen LogP contribution in [0.2, 0.25) is 5.02 Å². The Bertz CT molecular complexity index is 1430. The minimum atomic E-state index is -4.24. The lowest BCUT2D eigenvalue weighted by Gasteiger charge is -2.34. The highest BCUT2D eigenvalue weighted by molar-refractivity contribution is 7.92. The number of hydrogen-bond acceptors (Lipinski definition) is 5. The first-order valence-electron chi connectivity index (χ1n) is 13.6. The largest absolute Gasteiger partial charge is 0.495 e. The molecule has 1 N–H and O–H groups in total. The van der Waals surface area contributed by atoms with Crippen molar-refractivity contribution in [2.75, 3.05) is 18.0 Å². The topological polar surface area (TPSA) is 96.0 Å². The van der Waals surface area contributed by atoms with Gasteiger partial charge in [0.15, 0.2) is 0 Å². The van der Waals surface area contributed by atoms with Crippen molar-refractivity contribution >= 4 is 39.1 Å². The molecule has 0 spiro atoms. The molecule has 10 heteroatoms. The van der Waals surface area contributed by atoms with E-state index in [1.807, 2.05) is 52.0 Å². The fourth-order valence-corrected chi connectivity index (χ4v) is 5.95. The number of ether oxygens (including phenoxy) is 1. The zero-order valence-electron chi connectivity index (χ0n) is 24.1. The normalized spacial score (nSPS) is 12.7. The number of aryl methyl sites for hydroxylation is 1. The Kier molecular flexibility index (Phi) is 11.2. The number of amides is 2. The van der Waals surface area contributed by atoms with Gasteiger partial charge in [0.2, 0.25) is 11.8 Å². The van der Waals surface area contributed by atoms with Crippen LogP contribution >= 0.6 is 11.6 Å². The average Bonchev–Trinajstić information content (AvgIpc) is 2.96. The number of nitrogens with one attached hydrogen (secondary N) is 1. The SMILES string of the molecule is CC[C@@H](C)NC(=O)[C@@H](CC)N(Cc1ccc(C)cc1)C(=O)CN(c1cc(Cl)ccc1OC)S(=O)(=O)c1ccccc1. The molecule has 0 aromatic heterocycles. The quantitative estimate of drug-likeness (QED) is 0.277. The maximum absolute atomic E-state index is 14.2. The van der Waals surface area contributed by atoms with Gasteiger partial charge in [0.25, 0.3) is 10.0 Å². The predicted octanol–water partition coefficient (Wildman–Crippen LogP) is 5.57. The van der Waals surface area contributed by atoms with Gasteiger partial charge in [-0.2, -0.15) is 0 Å². The van der Waals surface area contributed by atoms with E-state index in [0.717, 1.165) is 21.9 Å². The van der Waals surface area contributed by atoms with E-state index in [-0.39, 0.29) is 39.8 Å².